The zero-order valence-electron chi connectivity index (χ0n) is 8.15. The summed E-state index contributed by atoms with van der Waals surface area (Å²) >= 11 is 0. The van der Waals surface area contributed by atoms with Gasteiger partial charge in [-0.2, -0.15) is 0 Å². The molecule has 0 aromatic carbocycles. The molecule has 0 aliphatic heterocycles. The largest absolute Gasteiger partial charge is 0.508 e. The number of nitrogens with zero attached hydrogens (tertiary/aromatic N) is 1. The molecule has 1 heterocycles. The predicted molar refractivity (Wildman–Crippen MR) is 52.8 cm³/mol. The Labute approximate surface area is 82.2 Å². The van der Waals surface area contributed by atoms with Crippen molar-refractivity contribution in [3.63, 3.8) is 0 Å². The standard InChI is InChI=1S/C10H13NO3/c1-3-8(13)9-7(5-12)4-11-6(2)10(9)14/h3-4,12-14H,5H2,1-2H3. The van der Waals surface area contributed by atoms with E-state index in [1.165, 1.54) is 12.3 Å². The Bertz CT molecular complexity index is 372. The first-order valence-corrected chi connectivity index (χ1v) is 4.25. The molecule has 1 aromatic rings. The molecule has 0 aliphatic carbocycles. The second-order valence-corrected chi connectivity index (χ2v) is 2.92. The highest BCUT2D eigenvalue weighted by molar-refractivity contribution is 5.67. The fourth-order valence-electron chi connectivity index (χ4n) is 1.18. The zero-order chi connectivity index (χ0) is 10.7. The Kier molecular flexibility index (Phi) is 3.09. The number of hydrogen-bond acceptors (Lipinski definition) is 4. The van der Waals surface area contributed by atoms with Gasteiger partial charge in [0.2, 0.25) is 0 Å². The van der Waals surface area contributed by atoms with E-state index in [1.807, 2.05) is 0 Å². The molecule has 0 aliphatic rings. The van der Waals surface area contributed by atoms with Crippen LogP contribution in [0, 0.1) is 6.92 Å². The molecular weight excluding hydrogens is 182 g/mol. The van der Waals surface area contributed by atoms with Gasteiger partial charge < -0.3 is 15.3 Å². The minimum Gasteiger partial charge on any atom is -0.508 e. The van der Waals surface area contributed by atoms with Crippen molar-refractivity contribution >= 4 is 5.76 Å². The summed E-state index contributed by atoms with van der Waals surface area (Å²) in [4.78, 5) is 3.88. The van der Waals surface area contributed by atoms with Crippen LogP contribution in [0.15, 0.2) is 12.3 Å². The summed E-state index contributed by atoms with van der Waals surface area (Å²) in [5.74, 6) is -0.149. The van der Waals surface area contributed by atoms with Crippen molar-refractivity contribution in [1.29, 1.82) is 0 Å². The van der Waals surface area contributed by atoms with E-state index in [0.29, 0.717) is 11.3 Å². The van der Waals surface area contributed by atoms with Crippen LogP contribution in [0.4, 0.5) is 0 Å². The second kappa shape index (κ2) is 4.11. The highest BCUT2D eigenvalue weighted by atomic mass is 16.3. The molecule has 0 atom stereocenters. The predicted octanol–water partition coefficient (Wildman–Crippen LogP) is 1.51. The smallest absolute Gasteiger partial charge is 0.148 e. The summed E-state index contributed by atoms with van der Waals surface area (Å²) in [6.07, 6.45) is 2.89. The molecule has 3 N–H and O–H groups in total. The first kappa shape index (κ1) is 10.5. The number of aliphatic hydroxyl groups excluding tert-OH is 2. The van der Waals surface area contributed by atoms with Gasteiger partial charge in [0, 0.05) is 11.8 Å². The second-order valence-electron chi connectivity index (χ2n) is 2.92. The van der Waals surface area contributed by atoms with E-state index in [4.69, 9.17) is 5.11 Å². The lowest BCUT2D eigenvalue weighted by Gasteiger charge is -2.09. The molecule has 14 heavy (non-hydrogen) atoms. The lowest BCUT2D eigenvalue weighted by atomic mass is 10.1. The van der Waals surface area contributed by atoms with Gasteiger partial charge in [0.15, 0.2) is 0 Å². The number of pyridine rings is 1. The number of rotatable bonds is 2. The third kappa shape index (κ3) is 1.70. The van der Waals surface area contributed by atoms with E-state index in [1.54, 1.807) is 13.8 Å². The number of aliphatic hydroxyl groups is 2. The van der Waals surface area contributed by atoms with Crippen LogP contribution < -0.4 is 0 Å². The van der Waals surface area contributed by atoms with Crippen molar-refractivity contribution in [2.75, 3.05) is 0 Å². The van der Waals surface area contributed by atoms with E-state index in [0.717, 1.165) is 0 Å². The van der Waals surface area contributed by atoms with E-state index in [2.05, 4.69) is 4.98 Å². The molecular formula is C10H13NO3. The molecule has 1 aromatic heterocycles. The monoisotopic (exact) mass is 195 g/mol. The molecule has 0 unspecified atom stereocenters. The van der Waals surface area contributed by atoms with E-state index < -0.39 is 0 Å². The molecule has 4 nitrogen and oxygen atoms in total. The van der Waals surface area contributed by atoms with Crippen molar-refractivity contribution in [1.82, 2.24) is 4.98 Å². The maximum absolute atomic E-state index is 9.64. The number of aryl methyl sites for hydroxylation is 1. The van der Waals surface area contributed by atoms with Crippen LogP contribution >= 0.6 is 0 Å². The van der Waals surface area contributed by atoms with Crippen molar-refractivity contribution in [3.8, 4) is 5.75 Å². The van der Waals surface area contributed by atoms with Gasteiger partial charge in [0.05, 0.1) is 17.9 Å². The van der Waals surface area contributed by atoms with Gasteiger partial charge in [-0.15, -0.1) is 0 Å². The summed E-state index contributed by atoms with van der Waals surface area (Å²) in [5, 5.41) is 28.1. The first-order valence-electron chi connectivity index (χ1n) is 4.25. The Hall–Kier alpha value is -1.55. The van der Waals surface area contributed by atoms with Gasteiger partial charge >= 0.3 is 0 Å². The van der Waals surface area contributed by atoms with Crippen molar-refractivity contribution in [2.24, 2.45) is 0 Å². The Morgan fingerprint density at radius 3 is 2.71 bits per heavy atom. The van der Waals surface area contributed by atoms with Crippen LogP contribution in [-0.4, -0.2) is 20.3 Å². The van der Waals surface area contributed by atoms with Crippen molar-refractivity contribution in [3.05, 3.63) is 29.1 Å². The van der Waals surface area contributed by atoms with Gasteiger partial charge in [0.1, 0.15) is 11.5 Å². The topological polar surface area (TPSA) is 73.6 Å². The Morgan fingerprint density at radius 2 is 2.21 bits per heavy atom. The minimum absolute atomic E-state index is 0.0583. The quantitative estimate of drug-likeness (QED) is 0.625. The lowest BCUT2D eigenvalue weighted by molar-refractivity contribution is 0.279. The van der Waals surface area contributed by atoms with E-state index in [-0.39, 0.29) is 23.7 Å². The van der Waals surface area contributed by atoms with Gasteiger partial charge in [-0.1, -0.05) is 0 Å². The van der Waals surface area contributed by atoms with Gasteiger partial charge in [0.25, 0.3) is 0 Å². The Morgan fingerprint density at radius 1 is 1.57 bits per heavy atom. The number of allylic oxidation sites excluding steroid dienone is 1. The molecule has 76 valence electrons. The van der Waals surface area contributed by atoms with Gasteiger partial charge in [-0.25, -0.2) is 0 Å². The number of aromatic nitrogens is 1. The van der Waals surface area contributed by atoms with Gasteiger partial charge in [-0.05, 0) is 19.9 Å². The average molecular weight is 195 g/mol. The third-order valence-electron chi connectivity index (χ3n) is 2.01. The molecule has 0 amide bonds. The van der Waals surface area contributed by atoms with Crippen LogP contribution in [0.3, 0.4) is 0 Å². The number of hydrogen-bond donors (Lipinski definition) is 3. The van der Waals surface area contributed by atoms with Crippen molar-refractivity contribution in [2.45, 2.75) is 20.5 Å². The van der Waals surface area contributed by atoms with Crippen LogP contribution in [-0.2, 0) is 6.61 Å². The Balaban J connectivity index is 3.43. The fraction of sp³-hybridized carbons (Fsp3) is 0.300. The molecule has 0 radical (unpaired) electrons. The van der Waals surface area contributed by atoms with E-state index >= 15 is 0 Å². The van der Waals surface area contributed by atoms with E-state index in [9.17, 15) is 10.2 Å². The third-order valence-corrected chi connectivity index (χ3v) is 2.01. The normalized spacial score (nSPS) is 11.8. The number of aromatic hydroxyl groups is 1. The summed E-state index contributed by atoms with van der Waals surface area (Å²) in [6, 6.07) is 0. The summed E-state index contributed by atoms with van der Waals surface area (Å²) in [5.41, 5.74) is 1.08. The molecule has 1 rings (SSSR count). The van der Waals surface area contributed by atoms with Crippen LogP contribution in [0.1, 0.15) is 23.7 Å². The van der Waals surface area contributed by atoms with Crippen LogP contribution in [0.2, 0.25) is 0 Å². The van der Waals surface area contributed by atoms with Crippen LogP contribution in [0.5, 0.6) is 5.75 Å². The minimum atomic E-state index is -0.270. The lowest BCUT2D eigenvalue weighted by Crippen LogP contribution is -1.98. The fourth-order valence-corrected chi connectivity index (χ4v) is 1.18. The highest BCUT2D eigenvalue weighted by Crippen LogP contribution is 2.28. The first-order chi connectivity index (χ1) is 6.61. The summed E-state index contributed by atoms with van der Waals surface area (Å²) in [7, 11) is 0. The van der Waals surface area contributed by atoms with Gasteiger partial charge in [-0.3, -0.25) is 4.98 Å². The maximum Gasteiger partial charge on any atom is 0.148 e. The molecule has 0 fully saturated rings. The molecule has 4 heteroatoms. The summed E-state index contributed by atoms with van der Waals surface area (Å²) < 4.78 is 0. The highest BCUT2D eigenvalue weighted by Gasteiger charge is 2.13. The van der Waals surface area contributed by atoms with Crippen molar-refractivity contribution < 1.29 is 15.3 Å². The molecule has 0 spiro atoms. The zero-order valence-corrected chi connectivity index (χ0v) is 8.15. The summed E-state index contributed by atoms with van der Waals surface area (Å²) in [6.45, 7) is 3.00. The molecule has 0 saturated carbocycles. The van der Waals surface area contributed by atoms with Crippen LogP contribution in [0.25, 0.3) is 5.76 Å². The molecule has 0 saturated heterocycles. The SMILES string of the molecule is CC=C(O)c1c(CO)cnc(C)c1O. The molecule has 0 bridgehead atoms. The maximum atomic E-state index is 9.64. The average Bonchev–Trinajstić information content (AvgIpc) is 2.20.